The molecule has 0 saturated heterocycles. The van der Waals surface area contributed by atoms with E-state index in [2.05, 4.69) is 20.1 Å². The van der Waals surface area contributed by atoms with Gasteiger partial charge in [-0.05, 0) is 11.4 Å². The molecule has 0 atom stereocenters. The number of aryl methyl sites for hydroxylation is 1. The zero-order chi connectivity index (χ0) is 15.3. The molecular formula is C11H15N5O3S2. The Morgan fingerprint density at radius 2 is 2.29 bits per heavy atom. The molecule has 1 amide bonds. The van der Waals surface area contributed by atoms with E-state index in [4.69, 9.17) is 0 Å². The second-order valence-corrected chi connectivity index (χ2v) is 7.10. The molecule has 0 aliphatic rings. The molecule has 2 N–H and O–H groups in total. The van der Waals surface area contributed by atoms with Crippen LogP contribution in [0.4, 0.5) is 0 Å². The van der Waals surface area contributed by atoms with Crippen molar-refractivity contribution in [2.24, 2.45) is 7.05 Å². The quantitative estimate of drug-likeness (QED) is 0.713. The minimum Gasteiger partial charge on any atom is -0.355 e. The smallest absolute Gasteiger partial charge is 0.250 e. The minimum absolute atomic E-state index is 0.189. The van der Waals surface area contributed by atoms with Crippen LogP contribution in [-0.2, 0) is 28.3 Å². The third-order valence-corrected chi connectivity index (χ3v) is 5.46. The van der Waals surface area contributed by atoms with E-state index in [1.165, 1.54) is 12.4 Å². The summed E-state index contributed by atoms with van der Waals surface area (Å²) in [4.78, 5) is 15.6. The molecule has 0 radical (unpaired) electrons. The molecule has 8 nitrogen and oxygen atoms in total. The summed E-state index contributed by atoms with van der Waals surface area (Å²) in [5, 5.41) is 8.20. The third-order valence-electron chi connectivity index (χ3n) is 2.66. The van der Waals surface area contributed by atoms with E-state index in [-0.39, 0.29) is 10.8 Å². The maximum Gasteiger partial charge on any atom is 0.250 e. The van der Waals surface area contributed by atoms with E-state index >= 15 is 0 Å². The summed E-state index contributed by atoms with van der Waals surface area (Å²) >= 11 is 1.10. The van der Waals surface area contributed by atoms with Gasteiger partial charge in [0.2, 0.25) is 5.91 Å². The number of nitrogens with one attached hydrogen (secondary N) is 2. The molecular weight excluding hydrogens is 314 g/mol. The Morgan fingerprint density at radius 3 is 2.90 bits per heavy atom. The van der Waals surface area contributed by atoms with Crippen LogP contribution in [0.5, 0.6) is 0 Å². The van der Waals surface area contributed by atoms with E-state index in [1.807, 2.05) is 0 Å². The van der Waals surface area contributed by atoms with E-state index in [0.29, 0.717) is 13.0 Å². The average molecular weight is 329 g/mol. The second kappa shape index (κ2) is 6.78. The lowest BCUT2D eigenvalue weighted by Gasteiger charge is -2.06. The number of rotatable bonds is 7. The molecule has 0 aliphatic carbocycles. The van der Waals surface area contributed by atoms with Gasteiger partial charge in [0, 0.05) is 20.0 Å². The summed E-state index contributed by atoms with van der Waals surface area (Å²) in [5.41, 5.74) is 0. The summed E-state index contributed by atoms with van der Waals surface area (Å²) in [7, 11) is -1.84. The highest BCUT2D eigenvalue weighted by atomic mass is 32.2. The number of thiophene rings is 1. The first-order chi connectivity index (χ1) is 9.99. The first kappa shape index (κ1) is 15.6. The predicted octanol–water partition coefficient (Wildman–Crippen LogP) is -0.486. The summed E-state index contributed by atoms with van der Waals surface area (Å²) in [6, 6.07) is 3.12. The van der Waals surface area contributed by atoms with E-state index < -0.39 is 15.9 Å². The van der Waals surface area contributed by atoms with Gasteiger partial charge in [-0.2, -0.15) is 5.10 Å². The molecule has 114 valence electrons. The SMILES string of the molecule is Cn1ncnc1CCNC(=O)CNS(=O)(=O)c1cccs1. The topological polar surface area (TPSA) is 106 Å². The fourth-order valence-corrected chi connectivity index (χ4v) is 3.59. The lowest BCUT2D eigenvalue weighted by molar-refractivity contribution is -0.119. The molecule has 0 bridgehead atoms. The molecule has 0 aromatic carbocycles. The largest absolute Gasteiger partial charge is 0.355 e. The van der Waals surface area contributed by atoms with Gasteiger partial charge in [-0.3, -0.25) is 9.48 Å². The average Bonchev–Trinajstić information content (AvgIpc) is 3.09. The Labute approximate surface area is 126 Å². The number of aromatic nitrogens is 3. The zero-order valence-electron chi connectivity index (χ0n) is 11.3. The monoisotopic (exact) mass is 329 g/mol. The van der Waals surface area contributed by atoms with Gasteiger partial charge in [-0.15, -0.1) is 11.3 Å². The normalized spacial score (nSPS) is 11.5. The lowest BCUT2D eigenvalue weighted by atomic mass is 10.4. The molecule has 2 aromatic heterocycles. The van der Waals surface area contributed by atoms with Crippen LogP contribution < -0.4 is 10.0 Å². The fraction of sp³-hybridized carbons (Fsp3) is 0.364. The van der Waals surface area contributed by atoms with Crippen molar-refractivity contribution in [3.63, 3.8) is 0 Å². The zero-order valence-corrected chi connectivity index (χ0v) is 12.9. The van der Waals surface area contributed by atoms with Crippen LogP contribution in [0.1, 0.15) is 5.82 Å². The third kappa shape index (κ3) is 4.34. The van der Waals surface area contributed by atoms with Gasteiger partial charge in [-0.25, -0.2) is 18.1 Å². The predicted molar refractivity (Wildman–Crippen MR) is 77.2 cm³/mol. The Balaban J connectivity index is 1.74. The number of carbonyl (C=O) groups is 1. The van der Waals surface area contributed by atoms with Crippen LogP contribution in [0.25, 0.3) is 0 Å². The second-order valence-electron chi connectivity index (χ2n) is 4.16. The first-order valence-electron chi connectivity index (χ1n) is 6.12. The Morgan fingerprint density at radius 1 is 1.48 bits per heavy atom. The van der Waals surface area contributed by atoms with Crippen molar-refractivity contribution in [1.82, 2.24) is 24.8 Å². The molecule has 2 aromatic rings. The number of nitrogens with zero attached hydrogens (tertiary/aromatic N) is 3. The molecule has 0 saturated carbocycles. The lowest BCUT2D eigenvalue weighted by Crippen LogP contribution is -2.37. The molecule has 10 heteroatoms. The highest BCUT2D eigenvalue weighted by molar-refractivity contribution is 7.91. The van der Waals surface area contributed by atoms with Crippen molar-refractivity contribution >= 4 is 27.3 Å². The van der Waals surface area contributed by atoms with Gasteiger partial charge in [0.25, 0.3) is 10.0 Å². The number of hydrogen-bond acceptors (Lipinski definition) is 6. The minimum atomic E-state index is -3.61. The number of hydrogen-bond donors (Lipinski definition) is 2. The van der Waals surface area contributed by atoms with E-state index in [1.54, 1.807) is 23.2 Å². The van der Waals surface area contributed by atoms with Gasteiger partial charge in [0.1, 0.15) is 16.4 Å². The van der Waals surface area contributed by atoms with Crippen LogP contribution in [0, 0.1) is 0 Å². The highest BCUT2D eigenvalue weighted by Gasteiger charge is 2.16. The van der Waals surface area contributed by atoms with Crippen LogP contribution in [0.2, 0.25) is 0 Å². The molecule has 0 fully saturated rings. The maximum absolute atomic E-state index is 11.8. The first-order valence-corrected chi connectivity index (χ1v) is 8.48. The van der Waals surface area contributed by atoms with Crippen LogP contribution >= 0.6 is 11.3 Å². The number of amides is 1. The van der Waals surface area contributed by atoms with Gasteiger partial charge in [0.05, 0.1) is 6.54 Å². The number of sulfonamides is 1. The van der Waals surface area contributed by atoms with Gasteiger partial charge >= 0.3 is 0 Å². The van der Waals surface area contributed by atoms with E-state index in [0.717, 1.165) is 17.2 Å². The summed E-state index contributed by atoms with van der Waals surface area (Å²) in [5.74, 6) is 0.353. The molecule has 0 unspecified atom stereocenters. The summed E-state index contributed by atoms with van der Waals surface area (Å²) in [6.45, 7) is 0.0745. The summed E-state index contributed by atoms with van der Waals surface area (Å²) < 4.78 is 27.7. The van der Waals surface area contributed by atoms with Crippen LogP contribution in [0.3, 0.4) is 0 Å². The van der Waals surface area contributed by atoms with Crippen LogP contribution in [-0.4, -0.2) is 42.2 Å². The molecule has 21 heavy (non-hydrogen) atoms. The van der Waals surface area contributed by atoms with Gasteiger partial charge < -0.3 is 5.32 Å². The Kier molecular flexibility index (Phi) is 5.04. The van der Waals surface area contributed by atoms with Crippen molar-refractivity contribution in [3.8, 4) is 0 Å². The summed E-state index contributed by atoms with van der Waals surface area (Å²) in [6.07, 6.45) is 1.96. The molecule has 2 heterocycles. The van der Waals surface area contributed by atoms with Crippen molar-refractivity contribution in [3.05, 3.63) is 29.7 Å². The van der Waals surface area contributed by atoms with E-state index in [9.17, 15) is 13.2 Å². The van der Waals surface area contributed by atoms with Crippen molar-refractivity contribution < 1.29 is 13.2 Å². The van der Waals surface area contributed by atoms with Crippen LogP contribution in [0.15, 0.2) is 28.0 Å². The van der Waals surface area contributed by atoms with Crippen molar-refractivity contribution in [2.75, 3.05) is 13.1 Å². The Bertz CT molecular complexity index is 693. The van der Waals surface area contributed by atoms with Crippen molar-refractivity contribution in [1.29, 1.82) is 0 Å². The maximum atomic E-state index is 11.8. The highest BCUT2D eigenvalue weighted by Crippen LogP contribution is 2.14. The standard InChI is InChI=1S/C11H15N5O3S2/c1-16-9(13-8-14-16)4-5-12-10(17)7-15-21(18,19)11-3-2-6-20-11/h2-3,6,8,15H,4-5,7H2,1H3,(H,12,17). The Hall–Kier alpha value is -1.78. The molecule has 0 aliphatic heterocycles. The van der Waals surface area contributed by atoms with Crippen molar-refractivity contribution in [2.45, 2.75) is 10.6 Å². The fourth-order valence-electron chi connectivity index (χ4n) is 1.57. The van der Waals surface area contributed by atoms with Gasteiger partial charge in [0.15, 0.2) is 0 Å². The van der Waals surface area contributed by atoms with Gasteiger partial charge in [-0.1, -0.05) is 6.07 Å². The molecule has 2 rings (SSSR count). The number of carbonyl (C=O) groups excluding carboxylic acids is 1. The molecule has 0 spiro atoms.